The summed E-state index contributed by atoms with van der Waals surface area (Å²) in [5.41, 5.74) is 4.46. The Morgan fingerprint density at radius 1 is 1.68 bits per heavy atom. The van der Waals surface area contributed by atoms with E-state index in [1.807, 2.05) is 13.1 Å². The largest absolute Gasteiger partial charge is 0.409 e. The lowest BCUT2D eigenvalue weighted by atomic mass is 9.90. The molecule has 1 aromatic heterocycles. The van der Waals surface area contributed by atoms with Crippen molar-refractivity contribution in [1.29, 1.82) is 0 Å². The van der Waals surface area contributed by atoms with Gasteiger partial charge in [-0.2, -0.15) is 0 Å². The molecule has 1 amide bonds. The normalized spacial score (nSPS) is 14.2. The number of oxime groups is 1. The molecule has 0 spiro atoms. The third-order valence-electron chi connectivity index (χ3n) is 2.95. The molecule has 1 aromatic rings. The van der Waals surface area contributed by atoms with E-state index in [1.165, 1.54) is 4.88 Å². The van der Waals surface area contributed by atoms with Crippen molar-refractivity contribution in [2.45, 2.75) is 40.2 Å². The molecular weight excluding hydrogens is 264 g/mol. The summed E-state index contributed by atoms with van der Waals surface area (Å²) in [4.78, 5) is 17.6. The Kier molecular flexibility index (Phi) is 4.88. The highest BCUT2D eigenvalue weighted by Gasteiger charge is 2.33. The molecule has 1 atom stereocenters. The number of carbonyl (C=O) groups excluding carboxylic acids is 1. The zero-order valence-corrected chi connectivity index (χ0v) is 12.4. The number of carbonyl (C=O) groups is 1. The van der Waals surface area contributed by atoms with Gasteiger partial charge in [-0.1, -0.05) is 12.1 Å². The van der Waals surface area contributed by atoms with E-state index >= 15 is 0 Å². The minimum atomic E-state index is -1.06. The van der Waals surface area contributed by atoms with E-state index in [2.05, 4.69) is 22.4 Å². The van der Waals surface area contributed by atoms with Gasteiger partial charge in [0, 0.05) is 11.1 Å². The number of nitrogens with one attached hydrogen (secondary N) is 1. The quantitative estimate of drug-likeness (QED) is 0.331. The average Bonchev–Trinajstić information content (AvgIpc) is 2.86. The fraction of sp³-hybridized carbons (Fsp3) is 0.583. The van der Waals surface area contributed by atoms with Crippen LogP contribution in [0.15, 0.2) is 11.4 Å². The molecule has 6 nitrogen and oxygen atoms in total. The van der Waals surface area contributed by atoms with Gasteiger partial charge in [-0.3, -0.25) is 4.79 Å². The number of hydrogen-bond donors (Lipinski definition) is 3. The molecule has 0 fully saturated rings. The van der Waals surface area contributed by atoms with E-state index in [9.17, 15) is 4.79 Å². The molecule has 0 saturated carbocycles. The van der Waals surface area contributed by atoms with Crippen LogP contribution in [0.4, 0.5) is 0 Å². The Hall–Kier alpha value is -1.63. The second kappa shape index (κ2) is 6.01. The predicted molar refractivity (Wildman–Crippen MR) is 75.2 cm³/mol. The number of aromatic nitrogens is 1. The maximum atomic E-state index is 12.1. The predicted octanol–water partition coefficient (Wildman–Crippen LogP) is 1.66. The molecular formula is C12H20N4O2S. The number of aryl methyl sites for hydroxylation is 1. The Labute approximate surface area is 116 Å². The molecule has 1 unspecified atom stereocenters. The SMILES string of the molecule is CCc1cnc(C(C)NC(=O)C(C)(C)C(N)=NO)s1. The van der Waals surface area contributed by atoms with E-state index in [0.29, 0.717) is 0 Å². The van der Waals surface area contributed by atoms with Gasteiger partial charge in [-0.05, 0) is 27.2 Å². The highest BCUT2D eigenvalue weighted by atomic mass is 32.1. The summed E-state index contributed by atoms with van der Waals surface area (Å²) in [6.45, 7) is 7.12. The highest BCUT2D eigenvalue weighted by Crippen LogP contribution is 2.22. The third kappa shape index (κ3) is 3.44. The summed E-state index contributed by atoms with van der Waals surface area (Å²) in [5.74, 6) is -0.422. The second-order valence-corrected chi connectivity index (χ2v) is 5.97. The first kappa shape index (κ1) is 15.4. The standard InChI is InChI=1S/C12H20N4O2S/c1-5-8-6-14-9(19-8)7(2)15-11(17)12(3,4)10(13)16-18/h6-7,18H,5H2,1-4H3,(H2,13,16)(H,15,17). The van der Waals surface area contributed by atoms with Crippen LogP contribution in [0.1, 0.15) is 43.6 Å². The summed E-state index contributed by atoms with van der Waals surface area (Å²) < 4.78 is 0. The first-order chi connectivity index (χ1) is 8.82. The fourth-order valence-corrected chi connectivity index (χ4v) is 2.23. The average molecular weight is 284 g/mol. The molecule has 0 radical (unpaired) electrons. The van der Waals surface area contributed by atoms with Crippen molar-refractivity contribution in [2.75, 3.05) is 0 Å². The first-order valence-corrected chi connectivity index (χ1v) is 6.88. The number of hydrogen-bond acceptors (Lipinski definition) is 5. The van der Waals surface area contributed by atoms with Crippen LogP contribution in [0.2, 0.25) is 0 Å². The van der Waals surface area contributed by atoms with Crippen molar-refractivity contribution < 1.29 is 10.0 Å². The zero-order chi connectivity index (χ0) is 14.6. The summed E-state index contributed by atoms with van der Waals surface area (Å²) in [6, 6.07) is -0.205. The zero-order valence-electron chi connectivity index (χ0n) is 11.6. The van der Waals surface area contributed by atoms with Gasteiger partial charge in [0.1, 0.15) is 10.4 Å². The Balaban J connectivity index is 2.76. The van der Waals surface area contributed by atoms with Gasteiger partial charge in [-0.15, -0.1) is 11.3 Å². The van der Waals surface area contributed by atoms with Crippen molar-refractivity contribution in [2.24, 2.45) is 16.3 Å². The van der Waals surface area contributed by atoms with Crippen molar-refractivity contribution in [1.82, 2.24) is 10.3 Å². The summed E-state index contributed by atoms with van der Waals surface area (Å²) in [7, 11) is 0. The molecule has 1 rings (SSSR count). The number of rotatable bonds is 5. The summed E-state index contributed by atoms with van der Waals surface area (Å²) in [6.07, 6.45) is 2.74. The lowest BCUT2D eigenvalue weighted by molar-refractivity contribution is -0.127. The van der Waals surface area contributed by atoms with Gasteiger partial charge < -0.3 is 16.3 Å². The number of nitrogens with two attached hydrogens (primary N) is 1. The molecule has 106 valence electrons. The molecule has 0 bridgehead atoms. The molecule has 1 heterocycles. The number of thiazole rings is 1. The van der Waals surface area contributed by atoms with E-state index in [1.54, 1.807) is 25.2 Å². The van der Waals surface area contributed by atoms with Gasteiger partial charge in [0.15, 0.2) is 5.84 Å². The molecule has 0 aliphatic carbocycles. The van der Waals surface area contributed by atoms with Crippen LogP contribution in [0, 0.1) is 5.41 Å². The van der Waals surface area contributed by atoms with Crippen LogP contribution in [-0.2, 0) is 11.2 Å². The monoisotopic (exact) mass is 284 g/mol. The summed E-state index contributed by atoms with van der Waals surface area (Å²) in [5, 5.41) is 15.3. The van der Waals surface area contributed by atoms with E-state index < -0.39 is 5.41 Å². The van der Waals surface area contributed by atoms with Crippen LogP contribution in [0.3, 0.4) is 0 Å². The molecule has 0 aliphatic heterocycles. The van der Waals surface area contributed by atoms with Crippen molar-refractivity contribution in [3.05, 3.63) is 16.1 Å². The van der Waals surface area contributed by atoms with Gasteiger partial charge in [0.2, 0.25) is 5.91 Å². The Morgan fingerprint density at radius 2 is 2.32 bits per heavy atom. The van der Waals surface area contributed by atoms with Gasteiger partial charge in [0.25, 0.3) is 0 Å². The molecule has 0 aromatic carbocycles. The lowest BCUT2D eigenvalue weighted by Crippen LogP contribution is -2.46. The smallest absolute Gasteiger partial charge is 0.233 e. The van der Waals surface area contributed by atoms with Gasteiger partial charge in [0.05, 0.1) is 6.04 Å². The van der Waals surface area contributed by atoms with Gasteiger partial charge >= 0.3 is 0 Å². The fourth-order valence-electron chi connectivity index (χ4n) is 1.37. The molecule has 19 heavy (non-hydrogen) atoms. The molecule has 0 aliphatic rings. The van der Waals surface area contributed by atoms with Crippen molar-refractivity contribution in [3.8, 4) is 0 Å². The Morgan fingerprint density at radius 3 is 2.79 bits per heavy atom. The first-order valence-electron chi connectivity index (χ1n) is 6.06. The van der Waals surface area contributed by atoms with E-state index in [4.69, 9.17) is 10.9 Å². The minimum absolute atomic E-state index is 0.120. The molecule has 7 heteroatoms. The maximum Gasteiger partial charge on any atom is 0.233 e. The van der Waals surface area contributed by atoms with Crippen molar-refractivity contribution in [3.63, 3.8) is 0 Å². The third-order valence-corrected chi connectivity index (χ3v) is 4.28. The highest BCUT2D eigenvalue weighted by molar-refractivity contribution is 7.11. The van der Waals surface area contributed by atoms with E-state index in [-0.39, 0.29) is 17.8 Å². The van der Waals surface area contributed by atoms with Crippen LogP contribution < -0.4 is 11.1 Å². The number of amidine groups is 1. The maximum absolute atomic E-state index is 12.1. The number of nitrogens with zero attached hydrogens (tertiary/aromatic N) is 2. The van der Waals surface area contributed by atoms with Crippen LogP contribution in [0.25, 0.3) is 0 Å². The van der Waals surface area contributed by atoms with Crippen LogP contribution >= 0.6 is 11.3 Å². The van der Waals surface area contributed by atoms with Crippen LogP contribution in [-0.4, -0.2) is 21.9 Å². The lowest BCUT2D eigenvalue weighted by Gasteiger charge is -2.23. The molecule has 4 N–H and O–H groups in total. The van der Waals surface area contributed by atoms with Crippen molar-refractivity contribution >= 4 is 23.1 Å². The number of amides is 1. The van der Waals surface area contributed by atoms with E-state index in [0.717, 1.165) is 11.4 Å². The Bertz CT molecular complexity index is 482. The van der Waals surface area contributed by atoms with Gasteiger partial charge in [-0.25, -0.2) is 4.98 Å². The molecule has 0 saturated heterocycles. The minimum Gasteiger partial charge on any atom is -0.409 e. The topological polar surface area (TPSA) is 101 Å². The van der Waals surface area contributed by atoms with Crippen LogP contribution in [0.5, 0.6) is 0 Å². The second-order valence-electron chi connectivity index (χ2n) is 4.82. The summed E-state index contributed by atoms with van der Waals surface area (Å²) >= 11 is 1.57.